The largest absolute Gasteiger partial charge is 4.00 e. The van der Waals surface area contributed by atoms with Gasteiger partial charge in [-0.1, -0.05) is 61.3 Å². The molecule has 0 amide bonds. The van der Waals surface area contributed by atoms with Crippen LogP contribution in [0.5, 0.6) is 0 Å². The van der Waals surface area contributed by atoms with Crippen LogP contribution in [-0.2, 0) is 21.7 Å². The molecule has 1 rings (SSSR count). The van der Waals surface area contributed by atoms with Crippen LogP contribution in [0.1, 0.15) is 67.7 Å². The molecule has 0 saturated heterocycles. The zero-order valence-corrected chi connectivity index (χ0v) is 18.9. The first kappa shape index (κ1) is 31.8. The van der Waals surface area contributed by atoms with Gasteiger partial charge in [0.1, 0.15) is 0 Å². The van der Waals surface area contributed by atoms with Crippen molar-refractivity contribution in [3.63, 3.8) is 0 Å². The molecule has 0 bridgehead atoms. The molecule has 0 saturated carbocycles. The second-order valence-corrected chi connectivity index (χ2v) is 4.63. The molecule has 140 valence electrons. The molecule has 3 nitrogen and oxygen atoms in total. The van der Waals surface area contributed by atoms with Gasteiger partial charge in [0.15, 0.2) is 0 Å². The van der Waals surface area contributed by atoms with Gasteiger partial charge in [-0.15, -0.1) is 6.42 Å². The predicted octanol–water partition coefficient (Wildman–Crippen LogP) is 6.67. The number of hydrogen-bond donors (Lipinski definition) is 0. The van der Waals surface area contributed by atoms with Crippen LogP contribution < -0.4 is 0 Å². The fraction of sp³-hybridized carbons (Fsp3) is 0.800. The summed E-state index contributed by atoms with van der Waals surface area (Å²) in [6.07, 6.45) is 11.1. The third kappa shape index (κ3) is 37.9. The molecule has 24 heavy (non-hydrogen) atoms. The predicted molar refractivity (Wildman–Crippen MR) is 109 cm³/mol. The van der Waals surface area contributed by atoms with Crippen molar-refractivity contribution < 1.29 is 21.7 Å². The van der Waals surface area contributed by atoms with E-state index in [1.165, 1.54) is 18.4 Å². The Morgan fingerprint density at radius 2 is 1.12 bits per heavy atom. The molecule has 0 N–H and O–H groups in total. The van der Waals surface area contributed by atoms with Crippen LogP contribution in [0.25, 0.3) is 16.0 Å². The van der Waals surface area contributed by atoms with Gasteiger partial charge >= 0.3 is 21.7 Å². The van der Waals surface area contributed by atoms with Gasteiger partial charge in [-0.2, -0.15) is 45.3 Å². The van der Waals surface area contributed by atoms with Crippen molar-refractivity contribution in [3.05, 3.63) is 39.8 Å². The quantitative estimate of drug-likeness (QED) is 0.338. The van der Waals surface area contributed by atoms with E-state index < -0.39 is 0 Å². The van der Waals surface area contributed by atoms with Gasteiger partial charge in [0.25, 0.3) is 0 Å². The van der Waals surface area contributed by atoms with E-state index >= 15 is 0 Å². The van der Waals surface area contributed by atoms with E-state index in [0.29, 0.717) is 0 Å². The van der Waals surface area contributed by atoms with E-state index in [-0.39, 0.29) is 21.7 Å². The second-order valence-electron chi connectivity index (χ2n) is 4.63. The number of allylic oxidation sites excluding steroid dienone is 4. The van der Waals surface area contributed by atoms with Gasteiger partial charge in [0.2, 0.25) is 0 Å². The van der Waals surface area contributed by atoms with Gasteiger partial charge in [-0.3, -0.25) is 6.08 Å². The summed E-state index contributed by atoms with van der Waals surface area (Å²) in [7, 11) is 0. The van der Waals surface area contributed by atoms with E-state index in [1.54, 1.807) is 0 Å². The molecular formula is C20H41N3Ti. The maximum Gasteiger partial charge on any atom is 4.00 e. The molecule has 0 atom stereocenters. The smallest absolute Gasteiger partial charge is 0.663 e. The monoisotopic (exact) mass is 371 g/mol. The van der Waals surface area contributed by atoms with Crippen LogP contribution in [0.3, 0.4) is 0 Å². The Balaban J connectivity index is -0.000000113. The maximum absolute atomic E-state index is 3.97. The fourth-order valence-corrected chi connectivity index (χ4v) is 1.56. The molecule has 0 spiro atoms. The molecule has 0 aliphatic heterocycles. The fourth-order valence-electron chi connectivity index (χ4n) is 1.56. The molecule has 0 radical (unpaired) electrons. The third-order valence-corrected chi connectivity index (χ3v) is 2.63. The van der Waals surface area contributed by atoms with E-state index in [9.17, 15) is 0 Å². The molecule has 0 unspecified atom stereocenters. The van der Waals surface area contributed by atoms with Crippen LogP contribution in [0, 0.1) is 6.08 Å². The number of hydrogen-bond acceptors (Lipinski definition) is 0. The summed E-state index contributed by atoms with van der Waals surface area (Å²) in [5, 5.41) is 11.9. The summed E-state index contributed by atoms with van der Waals surface area (Å²) in [6, 6.07) is 0. The van der Waals surface area contributed by atoms with Crippen LogP contribution in [0.4, 0.5) is 0 Å². The average Bonchev–Trinajstić information content (AvgIpc) is 3.05. The van der Waals surface area contributed by atoms with Crippen molar-refractivity contribution in [3.8, 4) is 0 Å². The zero-order chi connectivity index (χ0) is 18.2. The van der Waals surface area contributed by atoms with Crippen molar-refractivity contribution in [1.29, 1.82) is 0 Å². The molecule has 0 heterocycles. The van der Waals surface area contributed by atoms with Crippen molar-refractivity contribution in [2.45, 2.75) is 67.7 Å². The van der Waals surface area contributed by atoms with Crippen LogP contribution in [0.2, 0.25) is 0 Å². The average molecular weight is 371 g/mol. The summed E-state index contributed by atoms with van der Waals surface area (Å²) < 4.78 is 0. The molecule has 0 aromatic rings. The molecule has 1 aliphatic carbocycles. The standard InChI is InChI=1S/C8H11.3C4H10N.Ti/c1-2-5-8-6-3-4-7-8;3*1-3-5-4-2;/h3,6H,2,4-5H2,1H3;3*3-4H2,1-2H3;/q4*-1;+4. The Morgan fingerprint density at radius 3 is 1.29 bits per heavy atom. The first-order valence-corrected chi connectivity index (χ1v) is 9.33. The van der Waals surface area contributed by atoms with Crippen LogP contribution in [0.15, 0.2) is 17.7 Å². The topological polar surface area (TPSA) is 42.3 Å². The molecular weight excluding hydrogens is 330 g/mol. The Morgan fingerprint density at radius 1 is 0.750 bits per heavy atom. The Bertz CT molecular complexity index is 221. The third-order valence-electron chi connectivity index (χ3n) is 2.63. The van der Waals surface area contributed by atoms with Crippen molar-refractivity contribution in [2.24, 2.45) is 0 Å². The Labute approximate surface area is 168 Å². The summed E-state index contributed by atoms with van der Waals surface area (Å²) in [5.74, 6) is 0. The number of nitrogens with zero attached hydrogens (tertiary/aromatic N) is 3. The molecule has 4 heteroatoms. The SMILES string of the molecule is CCCC1=[C-]CC=C1.CC[N-]CC.CC[N-]CC.CC[N-]CC.[Ti+4]. The number of rotatable bonds is 8. The van der Waals surface area contributed by atoms with E-state index in [2.05, 4.69) is 41.1 Å². The zero-order valence-electron chi connectivity index (χ0n) is 17.4. The molecule has 0 fully saturated rings. The van der Waals surface area contributed by atoms with Crippen LogP contribution in [-0.4, -0.2) is 39.3 Å². The van der Waals surface area contributed by atoms with Gasteiger partial charge < -0.3 is 16.0 Å². The van der Waals surface area contributed by atoms with E-state index in [1.807, 2.05) is 41.5 Å². The van der Waals surface area contributed by atoms with E-state index in [4.69, 9.17) is 0 Å². The second kappa shape index (κ2) is 34.4. The molecule has 0 aromatic carbocycles. The first-order valence-electron chi connectivity index (χ1n) is 9.33. The summed E-state index contributed by atoms with van der Waals surface area (Å²) in [6.45, 7) is 20.3. The van der Waals surface area contributed by atoms with Gasteiger partial charge in [-0.25, -0.2) is 11.6 Å². The molecule has 0 aromatic heterocycles. The normalized spacial score (nSPS) is 10.9. The minimum Gasteiger partial charge on any atom is -0.663 e. The maximum atomic E-state index is 3.97. The first-order chi connectivity index (χ1) is 11.2. The summed E-state index contributed by atoms with van der Waals surface area (Å²) in [5.41, 5.74) is 1.40. The Kier molecular flexibility index (Phi) is 45.6. The van der Waals surface area contributed by atoms with Crippen molar-refractivity contribution in [2.75, 3.05) is 39.3 Å². The minimum atomic E-state index is 0. The van der Waals surface area contributed by atoms with Gasteiger partial charge in [0.05, 0.1) is 0 Å². The van der Waals surface area contributed by atoms with Crippen molar-refractivity contribution in [1.82, 2.24) is 0 Å². The van der Waals surface area contributed by atoms with Crippen LogP contribution >= 0.6 is 0 Å². The van der Waals surface area contributed by atoms with Crippen molar-refractivity contribution >= 4 is 0 Å². The minimum absolute atomic E-state index is 0. The molecule has 1 aliphatic rings. The summed E-state index contributed by atoms with van der Waals surface area (Å²) >= 11 is 0. The Hall–Kier alpha value is 0.0743. The van der Waals surface area contributed by atoms with Gasteiger partial charge in [0, 0.05) is 0 Å². The summed E-state index contributed by atoms with van der Waals surface area (Å²) in [4.78, 5) is 0. The van der Waals surface area contributed by atoms with Gasteiger partial charge in [-0.05, 0) is 0 Å². The van der Waals surface area contributed by atoms with E-state index in [0.717, 1.165) is 45.7 Å².